The first-order valence-electron chi connectivity index (χ1n) is 35.4. The number of ketones is 3. The third-order valence-electron chi connectivity index (χ3n) is 19.0. The summed E-state index contributed by atoms with van der Waals surface area (Å²) in [6.45, 7) is 16.5. The molecule has 3 fully saturated rings. The molecule has 6 aliphatic heterocycles. The number of amides is 4. The topological polar surface area (TPSA) is 319 Å². The molecule has 0 radical (unpaired) electrons. The molecule has 4 amide bonds. The number of Topliss-reactive ketones (excluding diaryl/α,β-unsaturated/α-hetero) is 3. The first kappa shape index (κ1) is 73.1. The monoisotopic (exact) mass is 1390 g/mol. The molecular weight excluding hydrogens is 1290 g/mol. The van der Waals surface area contributed by atoms with E-state index in [4.69, 9.17) is 26.7 Å². The molecule has 7 aromatic rings. The molecule has 6 N–H and O–H groups in total. The summed E-state index contributed by atoms with van der Waals surface area (Å²) in [6.07, 6.45) is 9.01. The number of benzene rings is 4. The zero-order chi connectivity index (χ0) is 72.0. The van der Waals surface area contributed by atoms with Crippen LogP contribution >= 0.6 is 0 Å². The summed E-state index contributed by atoms with van der Waals surface area (Å²) >= 11 is 0. The van der Waals surface area contributed by atoms with Gasteiger partial charge in [0.05, 0.1) is 26.2 Å². The minimum atomic E-state index is -0.651. The van der Waals surface area contributed by atoms with Gasteiger partial charge in [-0.1, -0.05) is 105 Å². The highest BCUT2D eigenvalue weighted by Gasteiger charge is 2.38. The summed E-state index contributed by atoms with van der Waals surface area (Å²) < 4.78 is 10.6. The lowest BCUT2D eigenvalue weighted by molar-refractivity contribution is -0.136. The molecular formula is C76H93N17O9. The van der Waals surface area contributed by atoms with Crippen LogP contribution in [0.5, 0.6) is 6.01 Å². The van der Waals surface area contributed by atoms with Gasteiger partial charge in [0.15, 0.2) is 5.78 Å². The first-order valence-corrected chi connectivity index (χ1v) is 35.4. The van der Waals surface area contributed by atoms with Crippen LogP contribution in [0.1, 0.15) is 137 Å². The Labute approximate surface area is 595 Å². The van der Waals surface area contributed by atoms with Crippen LogP contribution in [0.4, 0.5) is 34.9 Å². The lowest BCUT2D eigenvalue weighted by Crippen LogP contribution is -2.43. The van der Waals surface area contributed by atoms with Crippen molar-refractivity contribution in [1.82, 2.24) is 54.4 Å². The van der Waals surface area contributed by atoms with Crippen molar-refractivity contribution < 1.29 is 43.0 Å². The third-order valence-corrected chi connectivity index (χ3v) is 19.0. The Morgan fingerprint density at radius 1 is 0.461 bits per heavy atom. The van der Waals surface area contributed by atoms with Gasteiger partial charge in [0, 0.05) is 96.4 Å². The molecule has 0 atom stereocenters. The number of nitrogens with two attached hydrogens (primary N) is 3. The van der Waals surface area contributed by atoms with Crippen LogP contribution < -0.4 is 36.6 Å². The number of carbonyl (C=O) groups excluding carboxylic acids is 7. The minimum Gasteiger partial charge on any atom is -0.461 e. The van der Waals surface area contributed by atoms with Gasteiger partial charge in [-0.15, -0.1) is 0 Å². The fourth-order valence-electron chi connectivity index (χ4n) is 13.7. The molecule has 0 saturated carbocycles. The van der Waals surface area contributed by atoms with Crippen LogP contribution in [0.25, 0.3) is 11.1 Å². The molecule has 6 aliphatic rings. The number of methoxy groups -OCH3 is 1. The number of fused-ring (bicyclic) bond motifs is 3. The van der Waals surface area contributed by atoms with E-state index >= 15 is 0 Å². The van der Waals surface area contributed by atoms with E-state index in [1.54, 1.807) is 21.2 Å². The van der Waals surface area contributed by atoms with E-state index < -0.39 is 23.4 Å². The Morgan fingerprint density at radius 2 is 0.882 bits per heavy atom. The van der Waals surface area contributed by atoms with E-state index in [9.17, 15) is 33.6 Å². The van der Waals surface area contributed by atoms with E-state index in [-0.39, 0.29) is 103 Å². The summed E-state index contributed by atoms with van der Waals surface area (Å²) in [5.74, 6) is -1.68. The van der Waals surface area contributed by atoms with E-state index in [0.29, 0.717) is 55.4 Å². The number of rotatable bonds is 23. The van der Waals surface area contributed by atoms with Crippen molar-refractivity contribution in [2.24, 2.45) is 0 Å². The third kappa shape index (κ3) is 18.1. The molecule has 3 aromatic heterocycles. The van der Waals surface area contributed by atoms with Crippen molar-refractivity contribution >= 4 is 75.9 Å². The molecule has 536 valence electrons. The van der Waals surface area contributed by atoms with Gasteiger partial charge >= 0.3 is 6.01 Å². The summed E-state index contributed by atoms with van der Waals surface area (Å²) in [5, 5.41) is 0. The molecule has 0 aliphatic carbocycles. The summed E-state index contributed by atoms with van der Waals surface area (Å²) in [6, 6.07) is 33.5. The molecule has 0 unspecified atom stereocenters. The number of hydrogen-bond acceptors (Lipinski definition) is 22. The highest BCUT2D eigenvalue weighted by Crippen LogP contribution is 2.35. The Kier molecular flexibility index (Phi) is 24.4. The largest absolute Gasteiger partial charge is 0.461 e. The maximum atomic E-state index is 12.9. The van der Waals surface area contributed by atoms with Crippen LogP contribution in [-0.2, 0) is 87.2 Å². The van der Waals surface area contributed by atoms with Crippen molar-refractivity contribution in [1.29, 1.82) is 0 Å². The molecule has 3 saturated heterocycles. The van der Waals surface area contributed by atoms with Crippen LogP contribution in [0.15, 0.2) is 97.1 Å². The predicted molar refractivity (Wildman–Crippen MR) is 389 cm³/mol. The van der Waals surface area contributed by atoms with Gasteiger partial charge in [0.2, 0.25) is 23.2 Å². The second-order valence-corrected chi connectivity index (χ2v) is 27.0. The number of hydrogen-bond donors (Lipinski definition) is 3. The van der Waals surface area contributed by atoms with E-state index in [2.05, 4.69) is 105 Å². The van der Waals surface area contributed by atoms with Crippen LogP contribution in [0, 0.1) is 0 Å². The number of nitrogen functional groups attached to an aromatic ring is 3. The Morgan fingerprint density at radius 3 is 1.38 bits per heavy atom. The average Bonchev–Trinajstić information content (AvgIpc) is 0.917. The van der Waals surface area contributed by atoms with Crippen LogP contribution in [-0.4, -0.2) is 189 Å². The van der Waals surface area contributed by atoms with Crippen LogP contribution in [0.2, 0.25) is 0 Å². The predicted octanol–water partition coefficient (Wildman–Crippen LogP) is 7.07. The standard InChI is InChI=1S/C28H33N5O3.2C24H30N6O3/c1-35-13-14-36-28-30-26(29)25-16-24(34)19-33(27(25)31-28)18-20-7-9-22(10-8-20)23-6-4-5-21(15-23)17-32-11-2-3-12-32;1-3-10-28(2)24(33)21-26-20(25)18-13-19(31)23(32)30(22(18)27-21)15-17-8-6-16(7-9-17)14-29-11-4-5-12-29;1-3-9-28(2)24(33)21-26-20(25)18-13-19(31)23(32)30(22(18)27-21)15-17-8-6-7-16(12-17)14-29-10-4-5-11-29/h4-10,15H,2-3,11-14,16-19H2,1H3,(H2,29,30,31);6-9H,3-5,10-15H2,1-2H3,(H2,25,26,27);6-8,12H,3-5,9-11,13-15H2,1-2H3,(H2,25,26,27). The van der Waals surface area contributed by atoms with E-state index in [0.717, 1.165) is 80.9 Å². The average molecular weight is 1390 g/mol. The highest BCUT2D eigenvalue weighted by molar-refractivity contribution is 6.44. The van der Waals surface area contributed by atoms with Gasteiger partial charge in [-0.25, -0.2) is 19.9 Å². The fourth-order valence-corrected chi connectivity index (χ4v) is 13.7. The number of likely N-dealkylation sites (tertiary alicyclic amines) is 3. The van der Waals surface area contributed by atoms with Gasteiger partial charge in [-0.05, 0) is 141 Å². The van der Waals surface area contributed by atoms with Gasteiger partial charge in [0.1, 0.15) is 41.5 Å². The van der Waals surface area contributed by atoms with Gasteiger partial charge < -0.3 is 41.4 Å². The molecule has 0 spiro atoms. The summed E-state index contributed by atoms with van der Waals surface area (Å²) in [5.41, 5.74) is 28.8. The number of aromatic nitrogens is 6. The van der Waals surface area contributed by atoms with Crippen molar-refractivity contribution in [2.75, 3.05) is 125 Å². The summed E-state index contributed by atoms with van der Waals surface area (Å²) in [4.78, 5) is 129. The van der Waals surface area contributed by atoms with E-state index in [1.165, 1.54) is 93.5 Å². The Bertz CT molecular complexity index is 4190. The minimum absolute atomic E-state index is 0.0556. The van der Waals surface area contributed by atoms with Crippen molar-refractivity contribution in [2.45, 2.75) is 124 Å². The van der Waals surface area contributed by atoms with Crippen LogP contribution in [0.3, 0.4) is 0 Å². The first-order chi connectivity index (χ1) is 49.3. The van der Waals surface area contributed by atoms with Crippen molar-refractivity contribution in [3.8, 4) is 17.1 Å². The molecule has 4 aromatic carbocycles. The Hall–Kier alpha value is -10.2. The number of carbonyl (C=O) groups is 7. The molecule has 102 heavy (non-hydrogen) atoms. The number of nitrogens with zero attached hydrogens (tertiary/aromatic N) is 14. The maximum absolute atomic E-state index is 12.9. The second kappa shape index (κ2) is 34.0. The molecule has 26 heteroatoms. The van der Waals surface area contributed by atoms with Gasteiger partial charge in [-0.2, -0.15) is 9.97 Å². The normalized spacial score (nSPS) is 16.1. The Balaban J connectivity index is 0.000000154. The highest BCUT2D eigenvalue weighted by atomic mass is 16.5. The zero-order valence-electron chi connectivity index (χ0n) is 59.2. The number of ether oxygens (including phenoxy) is 2. The maximum Gasteiger partial charge on any atom is 0.320 e. The number of anilines is 6. The smallest absolute Gasteiger partial charge is 0.320 e. The van der Waals surface area contributed by atoms with Gasteiger partial charge in [-0.3, -0.25) is 58.1 Å². The molecule has 13 rings (SSSR count). The lowest BCUT2D eigenvalue weighted by Gasteiger charge is -2.30. The van der Waals surface area contributed by atoms with Crippen molar-refractivity contribution in [3.05, 3.63) is 159 Å². The molecule has 26 nitrogen and oxygen atoms in total. The quantitative estimate of drug-likeness (QED) is 0.0426. The second-order valence-electron chi connectivity index (χ2n) is 27.0. The molecule has 9 heterocycles. The molecule has 0 bridgehead atoms. The lowest BCUT2D eigenvalue weighted by atomic mass is 10.0. The van der Waals surface area contributed by atoms with Gasteiger partial charge in [0.25, 0.3) is 23.6 Å². The van der Waals surface area contributed by atoms with E-state index in [1.807, 2.05) is 55.1 Å². The zero-order valence-corrected chi connectivity index (χ0v) is 59.2. The SMILES string of the molecule is CCCN(C)C(=O)c1nc(N)c2c(n1)N(Cc1ccc(CN3CCCC3)cc1)C(=O)C(=O)C2.CCCN(C)C(=O)c1nc(N)c2c(n1)N(Cc1cccc(CN3CCCC3)c1)C(=O)C(=O)C2.COCCOc1nc(N)c2c(n1)N(Cc1ccc(-c3cccc(CN4CCCC4)c3)cc1)CC(=O)C2. The van der Waals surface area contributed by atoms with Crippen molar-refractivity contribution in [3.63, 3.8) is 0 Å². The fraction of sp³-hybridized carbons (Fsp3) is 0.434. The summed E-state index contributed by atoms with van der Waals surface area (Å²) in [7, 11) is 4.94.